The third-order valence-electron chi connectivity index (χ3n) is 4.28. The summed E-state index contributed by atoms with van der Waals surface area (Å²) in [5.41, 5.74) is 4.14. The van der Waals surface area contributed by atoms with Crippen molar-refractivity contribution in [3.8, 4) is 0 Å². The van der Waals surface area contributed by atoms with E-state index >= 15 is 0 Å². The van der Waals surface area contributed by atoms with Crippen LogP contribution in [0.4, 0.5) is 0 Å². The smallest absolute Gasteiger partial charge is 0.306 e. The van der Waals surface area contributed by atoms with E-state index in [0.717, 1.165) is 38.5 Å². The Bertz CT molecular complexity index is 437. The lowest BCUT2D eigenvalue weighted by Gasteiger charge is -2.04. The van der Waals surface area contributed by atoms with E-state index in [4.69, 9.17) is 4.74 Å². The van der Waals surface area contributed by atoms with Gasteiger partial charge in [0, 0.05) is 6.42 Å². The molecule has 0 saturated heterocycles. The van der Waals surface area contributed by atoms with Crippen molar-refractivity contribution in [1.82, 2.24) is 0 Å². The molecule has 0 amide bonds. The molecule has 0 saturated carbocycles. The molecule has 0 atom stereocenters. The molecule has 0 aliphatic heterocycles. The van der Waals surface area contributed by atoms with Crippen LogP contribution in [0.3, 0.4) is 0 Å². The Balaban J connectivity index is 3.80. The van der Waals surface area contributed by atoms with Crippen molar-refractivity contribution in [2.24, 2.45) is 0 Å². The summed E-state index contributed by atoms with van der Waals surface area (Å²) in [7, 11) is 0. The quantitative estimate of drug-likeness (QED) is 0.187. The van der Waals surface area contributed by atoms with Crippen molar-refractivity contribution in [3.05, 3.63) is 34.9 Å². The van der Waals surface area contributed by atoms with Crippen LogP contribution >= 0.6 is 0 Å². The van der Waals surface area contributed by atoms with Gasteiger partial charge in [0.2, 0.25) is 0 Å². The van der Waals surface area contributed by atoms with Crippen LogP contribution in [0.5, 0.6) is 0 Å². The van der Waals surface area contributed by atoms with Crippen molar-refractivity contribution in [2.75, 3.05) is 6.61 Å². The Morgan fingerprint density at radius 1 is 0.760 bits per heavy atom. The fourth-order valence-electron chi connectivity index (χ4n) is 2.56. The molecule has 0 heterocycles. The lowest BCUT2D eigenvalue weighted by atomic mass is 10.1. The average Bonchev–Trinajstić information content (AvgIpc) is 2.54. The monoisotopic (exact) mass is 348 g/mol. The number of carbonyl (C=O) groups excluding carboxylic acids is 1. The molecule has 0 aromatic carbocycles. The van der Waals surface area contributed by atoms with Crippen LogP contribution in [0.1, 0.15) is 98.8 Å². The van der Waals surface area contributed by atoms with Crippen molar-refractivity contribution >= 4 is 5.97 Å². The highest BCUT2D eigenvalue weighted by Crippen LogP contribution is 2.11. The minimum absolute atomic E-state index is 0.0597. The number of unbranched alkanes of at least 4 members (excludes halogenated alkanes) is 4. The normalized spacial score (nSPS) is 12.2. The molecule has 144 valence electrons. The Morgan fingerprint density at radius 2 is 1.36 bits per heavy atom. The van der Waals surface area contributed by atoms with E-state index in [-0.39, 0.29) is 5.97 Å². The molecule has 0 aliphatic carbocycles. The number of ether oxygens (including phenoxy) is 1. The largest absolute Gasteiger partial charge is 0.461 e. The SMILES string of the molecule is CCCCCCCC(=O)OCC=C(C)CCC=C(C)CCC=C(C)C. The first-order valence-electron chi connectivity index (χ1n) is 10.1. The van der Waals surface area contributed by atoms with Gasteiger partial charge in [-0.1, -0.05) is 61.5 Å². The molecule has 0 aliphatic rings. The van der Waals surface area contributed by atoms with Crippen molar-refractivity contribution in [3.63, 3.8) is 0 Å². The van der Waals surface area contributed by atoms with Crippen molar-refractivity contribution in [1.29, 1.82) is 0 Å². The third kappa shape index (κ3) is 17.3. The zero-order valence-electron chi connectivity index (χ0n) is 17.3. The number of carbonyl (C=O) groups is 1. The van der Waals surface area contributed by atoms with Gasteiger partial charge in [-0.15, -0.1) is 0 Å². The summed E-state index contributed by atoms with van der Waals surface area (Å²) in [4.78, 5) is 11.6. The number of allylic oxidation sites excluding steroid dienone is 5. The van der Waals surface area contributed by atoms with E-state index in [2.05, 4.69) is 46.8 Å². The molecule has 0 radical (unpaired) electrons. The zero-order valence-corrected chi connectivity index (χ0v) is 17.3. The minimum atomic E-state index is -0.0597. The van der Waals surface area contributed by atoms with Gasteiger partial charge in [0.25, 0.3) is 0 Å². The highest BCUT2D eigenvalue weighted by atomic mass is 16.5. The lowest BCUT2D eigenvalue weighted by molar-refractivity contribution is -0.142. The van der Waals surface area contributed by atoms with E-state index in [1.54, 1.807) is 0 Å². The van der Waals surface area contributed by atoms with Crippen LogP contribution < -0.4 is 0 Å². The summed E-state index contributed by atoms with van der Waals surface area (Å²) in [6.07, 6.45) is 17.4. The molecule has 25 heavy (non-hydrogen) atoms. The summed E-state index contributed by atoms with van der Waals surface area (Å²) >= 11 is 0. The van der Waals surface area contributed by atoms with Gasteiger partial charge in [-0.2, -0.15) is 0 Å². The third-order valence-corrected chi connectivity index (χ3v) is 4.28. The summed E-state index contributed by atoms with van der Waals surface area (Å²) < 4.78 is 5.28. The second-order valence-electron chi connectivity index (χ2n) is 7.31. The fraction of sp³-hybridized carbons (Fsp3) is 0.696. The zero-order chi connectivity index (χ0) is 18.9. The first-order valence-corrected chi connectivity index (χ1v) is 10.1. The maximum Gasteiger partial charge on any atom is 0.306 e. The van der Waals surface area contributed by atoms with Gasteiger partial charge in [0.15, 0.2) is 0 Å². The number of esters is 1. The van der Waals surface area contributed by atoms with Crippen LogP contribution in [-0.2, 0) is 9.53 Å². The maximum absolute atomic E-state index is 11.6. The first kappa shape index (κ1) is 23.7. The molecule has 0 aromatic rings. The fourth-order valence-corrected chi connectivity index (χ4v) is 2.56. The highest BCUT2D eigenvalue weighted by molar-refractivity contribution is 5.69. The minimum Gasteiger partial charge on any atom is -0.461 e. The maximum atomic E-state index is 11.6. The Hall–Kier alpha value is -1.31. The summed E-state index contributed by atoms with van der Waals surface area (Å²) in [5, 5.41) is 0. The van der Waals surface area contributed by atoms with E-state index in [9.17, 15) is 4.79 Å². The molecule has 0 bridgehead atoms. The second-order valence-corrected chi connectivity index (χ2v) is 7.31. The number of hydrogen-bond acceptors (Lipinski definition) is 2. The molecule has 0 rings (SSSR count). The van der Waals surface area contributed by atoms with Crippen LogP contribution in [0, 0.1) is 0 Å². The van der Waals surface area contributed by atoms with Crippen molar-refractivity contribution < 1.29 is 9.53 Å². The van der Waals surface area contributed by atoms with Gasteiger partial charge in [-0.3, -0.25) is 4.79 Å². The van der Waals surface area contributed by atoms with Crippen LogP contribution in [-0.4, -0.2) is 12.6 Å². The molecule has 0 fully saturated rings. The predicted molar refractivity (Wildman–Crippen MR) is 110 cm³/mol. The van der Waals surface area contributed by atoms with Gasteiger partial charge in [0.05, 0.1) is 0 Å². The Kier molecular flexibility index (Phi) is 15.3. The number of hydrogen-bond donors (Lipinski definition) is 0. The first-order chi connectivity index (χ1) is 12.0. The van der Waals surface area contributed by atoms with E-state index in [1.807, 2.05) is 6.08 Å². The van der Waals surface area contributed by atoms with Gasteiger partial charge >= 0.3 is 5.97 Å². The lowest BCUT2D eigenvalue weighted by Crippen LogP contribution is -2.04. The van der Waals surface area contributed by atoms with Gasteiger partial charge in [0.1, 0.15) is 6.61 Å². The molecular weight excluding hydrogens is 308 g/mol. The van der Waals surface area contributed by atoms with E-state index < -0.39 is 0 Å². The molecule has 0 spiro atoms. The molecular formula is C23H40O2. The average molecular weight is 349 g/mol. The summed E-state index contributed by atoms with van der Waals surface area (Å²) in [6, 6.07) is 0. The molecule has 2 heteroatoms. The summed E-state index contributed by atoms with van der Waals surface area (Å²) in [6.45, 7) is 11.2. The highest BCUT2D eigenvalue weighted by Gasteiger charge is 2.01. The van der Waals surface area contributed by atoms with E-state index in [1.165, 1.54) is 36.0 Å². The van der Waals surface area contributed by atoms with Crippen LogP contribution in [0.15, 0.2) is 34.9 Å². The number of rotatable bonds is 14. The Morgan fingerprint density at radius 3 is 2.00 bits per heavy atom. The molecule has 0 N–H and O–H groups in total. The van der Waals surface area contributed by atoms with Crippen LogP contribution in [0.25, 0.3) is 0 Å². The standard InChI is InChI=1S/C23H40O2/c1-6-7-8-9-10-17-23(24)25-19-18-22(5)16-12-15-21(4)14-11-13-20(2)3/h13,15,18H,6-12,14,16-17,19H2,1-5H3. The predicted octanol–water partition coefficient (Wildman–Crippen LogP) is 7.31. The summed E-state index contributed by atoms with van der Waals surface area (Å²) in [5.74, 6) is -0.0597. The van der Waals surface area contributed by atoms with Crippen LogP contribution in [0.2, 0.25) is 0 Å². The molecule has 0 aromatic heterocycles. The topological polar surface area (TPSA) is 26.3 Å². The molecule has 2 nitrogen and oxygen atoms in total. The van der Waals surface area contributed by atoms with Crippen molar-refractivity contribution in [2.45, 2.75) is 98.8 Å². The second kappa shape index (κ2) is 16.2. The van der Waals surface area contributed by atoms with Gasteiger partial charge in [-0.05, 0) is 65.9 Å². The van der Waals surface area contributed by atoms with Gasteiger partial charge in [-0.25, -0.2) is 0 Å². The molecule has 0 unspecified atom stereocenters. The Labute approximate surface area is 156 Å². The van der Waals surface area contributed by atoms with E-state index in [0.29, 0.717) is 13.0 Å². The van der Waals surface area contributed by atoms with Gasteiger partial charge < -0.3 is 4.74 Å².